The van der Waals surface area contributed by atoms with Gasteiger partial charge in [-0.05, 0) is 56.9 Å². The lowest BCUT2D eigenvalue weighted by molar-refractivity contribution is -0.136. The maximum atomic E-state index is 11.9. The second-order valence-corrected chi connectivity index (χ2v) is 6.16. The average Bonchev–Trinajstić information content (AvgIpc) is 2.44. The third kappa shape index (κ3) is 3.87. The first kappa shape index (κ1) is 16.1. The Balaban J connectivity index is 2.22. The molecular formula is C17H21NO4. The molecule has 0 spiro atoms. The maximum absolute atomic E-state index is 11.9. The first-order valence-electron chi connectivity index (χ1n) is 7.21. The minimum Gasteiger partial charge on any atom is -0.466 e. The molecule has 0 aliphatic heterocycles. The number of methoxy groups -OCH3 is 1. The summed E-state index contributed by atoms with van der Waals surface area (Å²) in [5.41, 5.74) is 2.73. The summed E-state index contributed by atoms with van der Waals surface area (Å²) >= 11 is 0. The predicted molar refractivity (Wildman–Crippen MR) is 84.6 cm³/mol. The van der Waals surface area contributed by atoms with Gasteiger partial charge in [0.2, 0.25) is 0 Å². The van der Waals surface area contributed by atoms with Crippen LogP contribution in [0.2, 0.25) is 0 Å². The molecule has 0 unspecified atom stereocenters. The summed E-state index contributed by atoms with van der Waals surface area (Å²) in [6.07, 6.45) is 2.59. The van der Waals surface area contributed by atoms with Crippen LogP contribution in [0.3, 0.4) is 0 Å². The van der Waals surface area contributed by atoms with E-state index in [1.54, 1.807) is 0 Å². The van der Waals surface area contributed by atoms with Gasteiger partial charge in [-0.15, -0.1) is 0 Å². The number of benzene rings is 1. The minimum atomic E-state index is -0.545. The number of amides is 1. The molecule has 2 rings (SSSR count). The highest BCUT2D eigenvalue weighted by Gasteiger charge is 2.21. The summed E-state index contributed by atoms with van der Waals surface area (Å²) < 4.78 is 10.0. The van der Waals surface area contributed by atoms with Crippen molar-refractivity contribution in [2.45, 2.75) is 39.2 Å². The molecule has 1 aliphatic rings. The number of carbonyl (C=O) groups is 2. The van der Waals surface area contributed by atoms with Gasteiger partial charge in [-0.2, -0.15) is 0 Å². The van der Waals surface area contributed by atoms with E-state index in [4.69, 9.17) is 9.47 Å². The number of hydrogen-bond acceptors (Lipinski definition) is 4. The van der Waals surface area contributed by atoms with E-state index in [0.29, 0.717) is 24.1 Å². The quantitative estimate of drug-likeness (QED) is 0.849. The third-order valence-corrected chi connectivity index (χ3v) is 3.27. The molecule has 5 nitrogen and oxygen atoms in total. The van der Waals surface area contributed by atoms with E-state index < -0.39 is 11.7 Å². The van der Waals surface area contributed by atoms with Crippen LogP contribution in [0.25, 0.3) is 6.08 Å². The third-order valence-electron chi connectivity index (χ3n) is 3.27. The van der Waals surface area contributed by atoms with Crippen LogP contribution in [0.1, 0.15) is 38.3 Å². The van der Waals surface area contributed by atoms with Crippen molar-refractivity contribution in [3.05, 3.63) is 34.9 Å². The Hall–Kier alpha value is -2.30. The first-order chi connectivity index (χ1) is 10.3. The maximum Gasteiger partial charge on any atom is 0.412 e. The Morgan fingerprint density at radius 2 is 1.91 bits per heavy atom. The van der Waals surface area contributed by atoms with Crippen molar-refractivity contribution in [2.24, 2.45) is 0 Å². The Morgan fingerprint density at radius 3 is 2.55 bits per heavy atom. The van der Waals surface area contributed by atoms with E-state index in [9.17, 15) is 9.59 Å². The number of hydrogen-bond donors (Lipinski definition) is 1. The zero-order valence-electron chi connectivity index (χ0n) is 13.4. The molecule has 0 radical (unpaired) electrons. The van der Waals surface area contributed by atoms with Crippen LogP contribution < -0.4 is 5.32 Å². The van der Waals surface area contributed by atoms with E-state index in [1.165, 1.54) is 7.11 Å². The normalized spacial score (nSPS) is 13.7. The van der Waals surface area contributed by atoms with Gasteiger partial charge in [-0.25, -0.2) is 9.59 Å². The van der Waals surface area contributed by atoms with Gasteiger partial charge >= 0.3 is 12.1 Å². The molecule has 0 aromatic heterocycles. The van der Waals surface area contributed by atoms with Crippen molar-refractivity contribution in [2.75, 3.05) is 12.4 Å². The number of carbonyl (C=O) groups excluding carboxylic acids is 2. The van der Waals surface area contributed by atoms with Crippen LogP contribution in [-0.2, 0) is 20.7 Å². The van der Waals surface area contributed by atoms with Gasteiger partial charge in [-0.1, -0.05) is 12.1 Å². The van der Waals surface area contributed by atoms with Crippen molar-refractivity contribution >= 4 is 23.8 Å². The Morgan fingerprint density at radius 1 is 1.18 bits per heavy atom. The lowest BCUT2D eigenvalue weighted by atomic mass is 9.91. The van der Waals surface area contributed by atoms with Gasteiger partial charge in [0.15, 0.2) is 0 Å². The van der Waals surface area contributed by atoms with E-state index in [0.717, 1.165) is 11.1 Å². The standard InChI is InChI=1S/C17H21NO4/c1-17(2,3)22-16(20)18-14-7-5-6-11-10-12(15(19)21-4)8-9-13(11)14/h5-7,10H,8-9H2,1-4H3,(H,18,20). The minimum absolute atomic E-state index is 0.309. The van der Waals surface area contributed by atoms with Crippen LogP contribution in [0.4, 0.5) is 10.5 Å². The number of rotatable bonds is 2. The fourth-order valence-electron chi connectivity index (χ4n) is 2.36. The molecule has 1 N–H and O–H groups in total. The summed E-state index contributed by atoms with van der Waals surface area (Å²) in [5.74, 6) is -0.309. The largest absolute Gasteiger partial charge is 0.466 e. The fraction of sp³-hybridized carbons (Fsp3) is 0.412. The second-order valence-electron chi connectivity index (χ2n) is 6.16. The van der Waals surface area contributed by atoms with Crippen molar-refractivity contribution < 1.29 is 19.1 Å². The van der Waals surface area contributed by atoms with E-state index in [2.05, 4.69) is 5.32 Å². The molecule has 0 fully saturated rings. The van der Waals surface area contributed by atoms with Crippen molar-refractivity contribution in [1.82, 2.24) is 0 Å². The van der Waals surface area contributed by atoms with E-state index in [-0.39, 0.29) is 5.97 Å². The first-order valence-corrected chi connectivity index (χ1v) is 7.21. The zero-order chi connectivity index (χ0) is 16.3. The summed E-state index contributed by atoms with van der Waals surface area (Å²) in [4.78, 5) is 23.5. The second kappa shape index (κ2) is 6.22. The average molecular weight is 303 g/mol. The van der Waals surface area contributed by atoms with Crippen molar-refractivity contribution in [1.29, 1.82) is 0 Å². The van der Waals surface area contributed by atoms with Crippen molar-refractivity contribution in [3.63, 3.8) is 0 Å². The number of ether oxygens (including phenoxy) is 2. The lowest BCUT2D eigenvalue weighted by Gasteiger charge is -2.22. The van der Waals surface area contributed by atoms with Gasteiger partial charge in [0, 0.05) is 11.3 Å². The fourth-order valence-corrected chi connectivity index (χ4v) is 2.36. The topological polar surface area (TPSA) is 64.6 Å². The van der Waals surface area contributed by atoms with Gasteiger partial charge in [0.05, 0.1) is 7.11 Å². The van der Waals surface area contributed by atoms with Gasteiger partial charge in [-0.3, -0.25) is 5.32 Å². The van der Waals surface area contributed by atoms with Crippen LogP contribution in [-0.4, -0.2) is 24.8 Å². The van der Waals surface area contributed by atoms with Gasteiger partial charge in [0.25, 0.3) is 0 Å². The van der Waals surface area contributed by atoms with Crippen molar-refractivity contribution in [3.8, 4) is 0 Å². The Labute approximate surface area is 130 Å². The molecule has 118 valence electrons. The Bertz CT molecular complexity index is 626. The summed E-state index contributed by atoms with van der Waals surface area (Å²) in [7, 11) is 1.37. The summed E-state index contributed by atoms with van der Waals surface area (Å²) in [6.45, 7) is 5.45. The van der Waals surface area contributed by atoms with E-state index >= 15 is 0 Å². The highest BCUT2D eigenvalue weighted by Crippen LogP contribution is 2.30. The molecule has 1 aliphatic carbocycles. The van der Waals surface area contributed by atoms with Gasteiger partial charge in [0.1, 0.15) is 5.60 Å². The molecular weight excluding hydrogens is 282 g/mol. The summed E-state index contributed by atoms with van der Waals surface area (Å²) in [5, 5.41) is 2.78. The predicted octanol–water partition coefficient (Wildman–Crippen LogP) is 3.54. The molecule has 1 aromatic carbocycles. The van der Waals surface area contributed by atoms with Crippen LogP contribution in [0.15, 0.2) is 23.8 Å². The smallest absolute Gasteiger partial charge is 0.412 e. The molecule has 0 saturated carbocycles. The van der Waals surface area contributed by atoms with E-state index in [1.807, 2.05) is 45.0 Å². The molecule has 0 saturated heterocycles. The molecule has 0 atom stereocenters. The number of nitrogens with one attached hydrogen (secondary N) is 1. The highest BCUT2D eigenvalue weighted by molar-refractivity contribution is 5.95. The van der Waals surface area contributed by atoms with Crippen LogP contribution in [0, 0.1) is 0 Å². The number of anilines is 1. The van der Waals surface area contributed by atoms with Crippen LogP contribution in [0.5, 0.6) is 0 Å². The molecule has 1 aromatic rings. The molecule has 0 bridgehead atoms. The monoisotopic (exact) mass is 303 g/mol. The summed E-state index contributed by atoms with van der Waals surface area (Å²) in [6, 6.07) is 5.58. The lowest BCUT2D eigenvalue weighted by Crippen LogP contribution is -2.27. The molecule has 5 heteroatoms. The zero-order valence-corrected chi connectivity index (χ0v) is 13.4. The number of fused-ring (bicyclic) bond motifs is 1. The number of esters is 1. The van der Waals surface area contributed by atoms with Crippen LogP contribution >= 0.6 is 0 Å². The SMILES string of the molecule is COC(=O)C1=Cc2cccc(NC(=O)OC(C)(C)C)c2CC1. The molecule has 1 amide bonds. The highest BCUT2D eigenvalue weighted by atomic mass is 16.6. The molecule has 0 heterocycles. The Kier molecular flexibility index (Phi) is 4.54. The van der Waals surface area contributed by atoms with Gasteiger partial charge < -0.3 is 9.47 Å². The molecule has 22 heavy (non-hydrogen) atoms.